The smallest absolute Gasteiger partial charge is 0.409 e. The molecule has 0 spiro atoms. The van der Waals surface area contributed by atoms with Crippen LogP contribution in [0.25, 0.3) is 0 Å². The second kappa shape index (κ2) is 9.00. The van der Waals surface area contributed by atoms with Crippen molar-refractivity contribution < 1.29 is 14.3 Å². The number of carbonyl (C=O) groups excluding carboxylic acids is 2. The van der Waals surface area contributed by atoms with Crippen LogP contribution in [0.15, 0.2) is 0 Å². The molecule has 8 heteroatoms. The van der Waals surface area contributed by atoms with Crippen molar-refractivity contribution >= 4 is 12.0 Å². The summed E-state index contributed by atoms with van der Waals surface area (Å²) in [4.78, 5) is 26.0. The van der Waals surface area contributed by atoms with Gasteiger partial charge in [-0.15, -0.1) is 10.2 Å². The Morgan fingerprint density at radius 3 is 2.92 bits per heavy atom. The highest BCUT2D eigenvalue weighted by molar-refractivity contribution is 5.80. The van der Waals surface area contributed by atoms with E-state index in [0.29, 0.717) is 32.7 Å². The van der Waals surface area contributed by atoms with Crippen LogP contribution in [-0.2, 0) is 28.9 Å². The second-order valence-electron chi connectivity index (χ2n) is 7.02. The van der Waals surface area contributed by atoms with Crippen molar-refractivity contribution in [1.29, 1.82) is 0 Å². The van der Waals surface area contributed by atoms with E-state index in [1.165, 1.54) is 12.8 Å². The lowest BCUT2D eigenvalue weighted by molar-refractivity contribution is -0.126. The summed E-state index contributed by atoms with van der Waals surface area (Å²) in [5.74, 6) is 1.87. The fourth-order valence-corrected chi connectivity index (χ4v) is 3.74. The Balaban J connectivity index is 1.47. The third kappa shape index (κ3) is 4.53. The summed E-state index contributed by atoms with van der Waals surface area (Å²) in [6, 6.07) is 0. The number of amides is 2. The van der Waals surface area contributed by atoms with Crippen LogP contribution in [0.5, 0.6) is 0 Å². The zero-order valence-electron chi connectivity index (χ0n) is 15.6. The molecule has 1 aromatic heterocycles. The first-order valence-corrected chi connectivity index (χ1v) is 9.79. The Bertz CT molecular complexity index is 630. The summed E-state index contributed by atoms with van der Waals surface area (Å²) >= 11 is 0. The van der Waals surface area contributed by atoms with Crippen LogP contribution >= 0.6 is 0 Å². The van der Waals surface area contributed by atoms with Gasteiger partial charge in [0.15, 0.2) is 0 Å². The van der Waals surface area contributed by atoms with Gasteiger partial charge in [-0.1, -0.05) is 6.42 Å². The van der Waals surface area contributed by atoms with E-state index in [9.17, 15) is 9.59 Å². The van der Waals surface area contributed by atoms with Crippen molar-refractivity contribution in [2.45, 2.75) is 58.4 Å². The van der Waals surface area contributed by atoms with Gasteiger partial charge < -0.3 is 19.5 Å². The van der Waals surface area contributed by atoms with Crippen molar-refractivity contribution in [2.75, 3.05) is 26.2 Å². The lowest BCUT2D eigenvalue weighted by atomic mass is 9.97. The minimum atomic E-state index is -0.323. The number of nitrogens with zero attached hydrogens (tertiary/aromatic N) is 4. The van der Waals surface area contributed by atoms with Gasteiger partial charge in [0.25, 0.3) is 0 Å². The number of likely N-dealkylation sites (tertiary alicyclic amines) is 1. The van der Waals surface area contributed by atoms with Crippen LogP contribution in [0.1, 0.15) is 50.7 Å². The number of hydrogen-bond acceptors (Lipinski definition) is 5. The zero-order chi connectivity index (χ0) is 18.4. The van der Waals surface area contributed by atoms with Crippen molar-refractivity contribution in [1.82, 2.24) is 25.0 Å². The van der Waals surface area contributed by atoms with Crippen molar-refractivity contribution in [2.24, 2.45) is 5.92 Å². The first-order chi connectivity index (χ1) is 12.7. The number of aromatic nitrogens is 3. The molecular formula is C18H29N5O3. The molecule has 2 amide bonds. The summed E-state index contributed by atoms with van der Waals surface area (Å²) in [5, 5.41) is 11.6. The predicted octanol–water partition coefficient (Wildman–Crippen LogP) is 1.53. The van der Waals surface area contributed by atoms with Gasteiger partial charge in [0, 0.05) is 39.0 Å². The molecule has 2 aliphatic rings. The lowest BCUT2D eigenvalue weighted by Crippen LogP contribution is -2.46. The number of rotatable bonds is 5. The lowest BCUT2D eigenvalue weighted by Gasteiger charge is -2.31. The van der Waals surface area contributed by atoms with Gasteiger partial charge in [0.05, 0.1) is 12.5 Å². The summed E-state index contributed by atoms with van der Waals surface area (Å²) in [7, 11) is 0. The van der Waals surface area contributed by atoms with Gasteiger partial charge in [-0.25, -0.2) is 4.79 Å². The Labute approximate surface area is 154 Å². The van der Waals surface area contributed by atoms with Crippen LogP contribution < -0.4 is 5.32 Å². The molecule has 3 rings (SSSR count). The number of nitrogens with one attached hydrogen (secondary N) is 1. The molecule has 144 valence electrons. The molecule has 1 unspecified atom stereocenters. The van der Waals surface area contributed by atoms with E-state index in [-0.39, 0.29) is 17.9 Å². The topological polar surface area (TPSA) is 89.3 Å². The quantitative estimate of drug-likeness (QED) is 0.857. The van der Waals surface area contributed by atoms with Crippen LogP contribution in [0.2, 0.25) is 0 Å². The van der Waals surface area contributed by atoms with Gasteiger partial charge in [0.1, 0.15) is 11.6 Å². The minimum absolute atomic E-state index is 0.00889. The number of hydrogen-bond donors (Lipinski definition) is 1. The highest BCUT2D eigenvalue weighted by atomic mass is 16.6. The van der Waals surface area contributed by atoms with Crippen LogP contribution in [0.4, 0.5) is 4.79 Å². The van der Waals surface area contributed by atoms with Crippen LogP contribution in [0.3, 0.4) is 0 Å². The van der Waals surface area contributed by atoms with Gasteiger partial charge >= 0.3 is 6.09 Å². The molecule has 1 aromatic rings. The molecule has 26 heavy (non-hydrogen) atoms. The molecule has 1 fully saturated rings. The number of ether oxygens (including phenoxy) is 1. The molecule has 8 nitrogen and oxygen atoms in total. The molecule has 0 radical (unpaired) electrons. The Morgan fingerprint density at radius 2 is 2.08 bits per heavy atom. The van der Waals surface area contributed by atoms with E-state index in [2.05, 4.69) is 20.1 Å². The molecule has 0 aromatic carbocycles. The highest BCUT2D eigenvalue weighted by Crippen LogP contribution is 2.18. The standard InChI is InChI=1S/C18H29N5O3/c1-2-26-18(25)22-11-6-7-14(13-22)17(24)19-10-9-16-21-20-15-8-4-3-5-12-23(15)16/h14H,2-13H2,1H3,(H,19,24). The van der Waals surface area contributed by atoms with E-state index in [4.69, 9.17) is 4.74 Å². The molecule has 1 saturated heterocycles. The molecular weight excluding hydrogens is 334 g/mol. The van der Waals surface area contributed by atoms with E-state index in [0.717, 1.165) is 43.9 Å². The van der Waals surface area contributed by atoms with Crippen molar-refractivity contribution in [3.63, 3.8) is 0 Å². The van der Waals surface area contributed by atoms with Gasteiger partial charge in [-0.3, -0.25) is 4.79 Å². The maximum Gasteiger partial charge on any atom is 0.409 e. The van der Waals surface area contributed by atoms with E-state index >= 15 is 0 Å². The third-order valence-electron chi connectivity index (χ3n) is 5.15. The van der Waals surface area contributed by atoms with Gasteiger partial charge in [0.2, 0.25) is 5.91 Å². The average Bonchev–Trinajstić information content (AvgIpc) is 2.88. The Hall–Kier alpha value is -2.12. The number of aryl methyl sites for hydroxylation is 1. The van der Waals surface area contributed by atoms with Gasteiger partial charge in [-0.2, -0.15) is 0 Å². The number of piperidine rings is 1. The van der Waals surface area contributed by atoms with Crippen LogP contribution in [0, 0.1) is 5.92 Å². The second-order valence-corrected chi connectivity index (χ2v) is 7.02. The van der Waals surface area contributed by atoms with Crippen LogP contribution in [-0.4, -0.2) is 57.9 Å². The molecule has 2 aliphatic heterocycles. The molecule has 3 heterocycles. The fraction of sp³-hybridized carbons (Fsp3) is 0.778. The largest absolute Gasteiger partial charge is 0.450 e. The Kier molecular flexibility index (Phi) is 6.46. The molecule has 1 N–H and O–H groups in total. The van der Waals surface area contributed by atoms with E-state index in [1.807, 2.05) is 0 Å². The fourth-order valence-electron chi connectivity index (χ4n) is 3.74. The summed E-state index contributed by atoms with van der Waals surface area (Å²) in [5.41, 5.74) is 0. The predicted molar refractivity (Wildman–Crippen MR) is 95.6 cm³/mol. The monoisotopic (exact) mass is 363 g/mol. The average molecular weight is 363 g/mol. The number of carbonyl (C=O) groups is 2. The molecule has 0 saturated carbocycles. The molecule has 0 aliphatic carbocycles. The maximum atomic E-state index is 12.5. The SMILES string of the molecule is CCOC(=O)N1CCCC(C(=O)NCCc2nnc3n2CCCCC3)C1. The van der Waals surface area contributed by atoms with Gasteiger partial charge in [-0.05, 0) is 32.6 Å². The molecule has 0 bridgehead atoms. The Morgan fingerprint density at radius 1 is 1.19 bits per heavy atom. The summed E-state index contributed by atoms with van der Waals surface area (Å²) in [6.45, 7) is 4.77. The van der Waals surface area contributed by atoms with Crippen molar-refractivity contribution in [3.8, 4) is 0 Å². The normalized spacial score (nSPS) is 20.2. The summed E-state index contributed by atoms with van der Waals surface area (Å²) in [6.07, 6.45) is 6.56. The third-order valence-corrected chi connectivity index (χ3v) is 5.15. The highest BCUT2D eigenvalue weighted by Gasteiger charge is 2.29. The maximum absolute atomic E-state index is 12.5. The summed E-state index contributed by atoms with van der Waals surface area (Å²) < 4.78 is 7.25. The first-order valence-electron chi connectivity index (χ1n) is 9.79. The number of fused-ring (bicyclic) bond motifs is 1. The zero-order valence-corrected chi connectivity index (χ0v) is 15.6. The first kappa shape index (κ1) is 18.7. The van der Waals surface area contributed by atoms with Crippen molar-refractivity contribution in [3.05, 3.63) is 11.6 Å². The minimum Gasteiger partial charge on any atom is -0.450 e. The van der Waals surface area contributed by atoms with E-state index in [1.54, 1.807) is 11.8 Å². The van der Waals surface area contributed by atoms with E-state index < -0.39 is 0 Å². The molecule has 1 atom stereocenters.